The molecule has 2 amide bonds. The van der Waals surface area contributed by atoms with Crippen molar-refractivity contribution in [2.24, 2.45) is 5.92 Å². The second-order valence-electron chi connectivity index (χ2n) is 11.0. The lowest BCUT2D eigenvalue weighted by atomic mass is 9.77. The number of carbonyl (C=O) groups excluding carboxylic acids is 2. The van der Waals surface area contributed by atoms with Crippen molar-refractivity contribution in [3.05, 3.63) is 108 Å². The number of hydrogen-bond acceptors (Lipinski definition) is 6. The van der Waals surface area contributed by atoms with Crippen LogP contribution in [0.2, 0.25) is 0 Å². The minimum atomic E-state index is -1.64. The Hall–Kier alpha value is -3.39. The van der Waals surface area contributed by atoms with Gasteiger partial charge in [-0.2, -0.15) is 4.57 Å². The summed E-state index contributed by atoms with van der Waals surface area (Å²) >= 11 is 0. The highest BCUT2D eigenvalue weighted by Crippen LogP contribution is 2.18. The van der Waals surface area contributed by atoms with E-state index in [0.29, 0.717) is 48.1 Å². The number of pyridine rings is 2. The molecule has 46 heavy (non-hydrogen) atoms. The van der Waals surface area contributed by atoms with Crippen molar-refractivity contribution in [3.63, 3.8) is 0 Å². The number of halogens is 2. The standard InChI is InChI=1S/C32H36B2N4O6.2BrH/c1-23(2)31(39)35-14-8-15-36-32(40)28-17-27(21-38(22-28)20-26-10-4-6-13-30(26)34(43)44)24-11-7-16-37(18-24)19-25-9-3-5-12-29(25)33(41)42;;/h3-7,9-13,16-18,21-23,41-44H,8,14-15,19-20H2,1-2H3;2*1H. The molecular formula is C32H38B2Br2N4O6. The Balaban J connectivity index is 0.00000368. The van der Waals surface area contributed by atoms with Gasteiger partial charge < -0.3 is 64.7 Å². The summed E-state index contributed by atoms with van der Waals surface area (Å²) in [6.45, 7) is 5.17. The quantitative estimate of drug-likeness (QED) is 0.0455. The van der Waals surface area contributed by atoms with Gasteiger partial charge >= 0.3 is 14.2 Å². The Labute approximate surface area is 291 Å². The molecule has 0 aliphatic heterocycles. The topological polar surface area (TPSA) is 147 Å². The molecule has 2 aromatic heterocycles. The van der Waals surface area contributed by atoms with Crippen LogP contribution >= 0.6 is 0 Å². The van der Waals surface area contributed by atoms with Crippen LogP contribution in [0.15, 0.2) is 91.5 Å². The summed E-state index contributed by atoms with van der Waals surface area (Å²) in [5, 5.41) is 45.1. The van der Waals surface area contributed by atoms with Gasteiger partial charge in [0.25, 0.3) is 5.91 Å². The van der Waals surface area contributed by atoms with Gasteiger partial charge in [-0.15, -0.1) is 0 Å². The third-order valence-electron chi connectivity index (χ3n) is 7.21. The van der Waals surface area contributed by atoms with Crippen molar-refractivity contribution in [3.8, 4) is 11.1 Å². The average Bonchev–Trinajstić information content (AvgIpc) is 3.01. The number of rotatable bonds is 13. The maximum Gasteiger partial charge on any atom is 0.488 e. The van der Waals surface area contributed by atoms with Crippen molar-refractivity contribution in [1.29, 1.82) is 0 Å². The van der Waals surface area contributed by atoms with Crippen molar-refractivity contribution >= 4 is 37.0 Å². The van der Waals surface area contributed by atoms with E-state index in [1.807, 2.05) is 78.0 Å². The third kappa shape index (κ3) is 10.9. The number of hydrogen-bond donors (Lipinski definition) is 6. The fraction of sp³-hybridized carbons (Fsp3) is 0.250. The number of aromatic nitrogens is 2. The lowest BCUT2D eigenvalue weighted by Crippen LogP contribution is -3.00. The summed E-state index contributed by atoms with van der Waals surface area (Å²) in [7, 11) is -3.22. The minimum absolute atomic E-state index is 0. The Morgan fingerprint density at radius 3 is 1.85 bits per heavy atom. The molecule has 0 bridgehead atoms. The van der Waals surface area contributed by atoms with E-state index in [-0.39, 0.29) is 58.2 Å². The third-order valence-corrected chi connectivity index (χ3v) is 7.21. The summed E-state index contributed by atoms with van der Waals surface area (Å²) in [6.07, 6.45) is 7.99. The van der Waals surface area contributed by atoms with Gasteiger partial charge in [0.2, 0.25) is 5.91 Å². The van der Waals surface area contributed by atoms with Crippen LogP contribution in [0.1, 0.15) is 41.8 Å². The average molecular weight is 756 g/mol. The zero-order valence-electron chi connectivity index (χ0n) is 25.7. The van der Waals surface area contributed by atoms with Crippen LogP contribution in [0.4, 0.5) is 0 Å². The SMILES string of the molecule is CC(C)C(=O)NCCCNC(=O)c1cc(-c2ccc[n+](Cc3ccccc3B(O)O)c2)c[n+](Cc2ccccc2B(O)O)c1.[Br-].[Br-]. The van der Waals surface area contributed by atoms with Crippen LogP contribution in [0.3, 0.4) is 0 Å². The Morgan fingerprint density at radius 1 is 0.717 bits per heavy atom. The van der Waals surface area contributed by atoms with Crippen LogP contribution in [0.5, 0.6) is 0 Å². The zero-order valence-corrected chi connectivity index (χ0v) is 28.9. The summed E-state index contributed by atoms with van der Waals surface area (Å²) in [6, 6.07) is 19.7. The first-order valence-electron chi connectivity index (χ1n) is 14.6. The van der Waals surface area contributed by atoms with Gasteiger partial charge in [0.05, 0.1) is 11.1 Å². The number of nitrogens with zero attached hydrogens (tertiary/aromatic N) is 2. The molecule has 0 atom stereocenters. The first-order valence-corrected chi connectivity index (χ1v) is 14.6. The van der Waals surface area contributed by atoms with E-state index in [1.165, 1.54) is 0 Å². The van der Waals surface area contributed by atoms with Crippen LogP contribution in [0.25, 0.3) is 11.1 Å². The Kier molecular flexibility index (Phi) is 15.8. The molecule has 0 saturated carbocycles. The van der Waals surface area contributed by atoms with Gasteiger partial charge in [0.1, 0.15) is 5.56 Å². The molecule has 0 fully saturated rings. The lowest BCUT2D eigenvalue weighted by molar-refractivity contribution is -0.689. The van der Waals surface area contributed by atoms with Crippen molar-refractivity contribution in [2.75, 3.05) is 13.1 Å². The molecule has 6 N–H and O–H groups in total. The van der Waals surface area contributed by atoms with Crippen molar-refractivity contribution in [2.45, 2.75) is 33.4 Å². The van der Waals surface area contributed by atoms with Crippen LogP contribution < -0.4 is 64.7 Å². The maximum atomic E-state index is 13.3. The minimum Gasteiger partial charge on any atom is -1.00 e. The predicted octanol–water partition coefficient (Wildman–Crippen LogP) is -6.72. The highest BCUT2D eigenvalue weighted by atomic mass is 79.9. The van der Waals surface area contributed by atoms with E-state index >= 15 is 0 Å². The largest absolute Gasteiger partial charge is 1.00 e. The predicted molar refractivity (Wildman–Crippen MR) is 168 cm³/mol. The highest BCUT2D eigenvalue weighted by Gasteiger charge is 2.22. The first kappa shape index (κ1) is 38.8. The van der Waals surface area contributed by atoms with Crippen LogP contribution in [-0.4, -0.2) is 59.2 Å². The molecule has 242 valence electrons. The Bertz CT molecular complexity index is 1610. The molecule has 10 nitrogen and oxygen atoms in total. The van der Waals surface area contributed by atoms with Gasteiger partial charge in [0, 0.05) is 36.2 Å². The molecule has 2 heterocycles. The molecule has 0 saturated heterocycles. The van der Waals surface area contributed by atoms with Gasteiger partial charge in [-0.25, -0.2) is 4.57 Å². The summed E-state index contributed by atoms with van der Waals surface area (Å²) in [4.78, 5) is 25.1. The molecule has 14 heteroatoms. The Morgan fingerprint density at radius 2 is 1.26 bits per heavy atom. The molecule has 2 aromatic carbocycles. The van der Waals surface area contributed by atoms with Crippen molar-refractivity contribution in [1.82, 2.24) is 10.6 Å². The smallest absolute Gasteiger partial charge is 0.488 e. The second-order valence-corrected chi connectivity index (χ2v) is 11.0. The van der Waals surface area contributed by atoms with E-state index in [1.54, 1.807) is 36.5 Å². The van der Waals surface area contributed by atoms with E-state index < -0.39 is 14.2 Å². The van der Waals surface area contributed by atoms with Gasteiger partial charge in [-0.05, 0) is 29.5 Å². The normalized spacial score (nSPS) is 10.4. The molecule has 0 radical (unpaired) electrons. The number of nitrogens with one attached hydrogen (secondary N) is 2. The van der Waals surface area contributed by atoms with Crippen LogP contribution in [0, 0.1) is 5.92 Å². The van der Waals surface area contributed by atoms with E-state index in [4.69, 9.17) is 0 Å². The molecule has 4 rings (SSSR count). The molecule has 0 unspecified atom stereocenters. The van der Waals surface area contributed by atoms with E-state index in [0.717, 1.165) is 16.7 Å². The number of amides is 2. The summed E-state index contributed by atoms with van der Waals surface area (Å²) in [5.74, 6) is -0.414. The molecule has 0 aliphatic carbocycles. The van der Waals surface area contributed by atoms with Gasteiger partial charge in [-0.3, -0.25) is 9.59 Å². The second kappa shape index (κ2) is 18.7. The zero-order chi connectivity index (χ0) is 31.6. The number of carbonyl (C=O) groups is 2. The van der Waals surface area contributed by atoms with Gasteiger partial charge in [-0.1, -0.05) is 62.4 Å². The fourth-order valence-corrected chi connectivity index (χ4v) is 4.86. The molecule has 4 aromatic rings. The summed E-state index contributed by atoms with van der Waals surface area (Å²) < 4.78 is 3.76. The number of benzene rings is 2. The monoisotopic (exact) mass is 754 g/mol. The molecular weight excluding hydrogens is 718 g/mol. The van der Waals surface area contributed by atoms with Crippen molar-refractivity contribution < 1.29 is 72.8 Å². The van der Waals surface area contributed by atoms with E-state index in [2.05, 4.69) is 10.6 Å². The molecule has 0 aliphatic rings. The van der Waals surface area contributed by atoms with Crippen LogP contribution in [-0.2, 0) is 17.9 Å². The molecule has 0 spiro atoms. The maximum absolute atomic E-state index is 13.3. The fourth-order valence-electron chi connectivity index (χ4n) is 4.86. The summed E-state index contributed by atoms with van der Waals surface area (Å²) in [5.41, 5.74) is 4.26. The van der Waals surface area contributed by atoms with E-state index in [9.17, 15) is 29.7 Å². The van der Waals surface area contributed by atoms with Gasteiger partial charge in [0.15, 0.2) is 37.9 Å². The highest BCUT2D eigenvalue weighted by molar-refractivity contribution is 6.59. The first-order chi connectivity index (χ1) is 21.1. The lowest BCUT2D eigenvalue weighted by Gasteiger charge is -2.10.